The van der Waals surface area contributed by atoms with Crippen molar-refractivity contribution < 1.29 is 8.42 Å². The first-order chi connectivity index (χ1) is 8.46. The molecule has 2 unspecified atom stereocenters. The molecule has 100 valence electrons. The third-order valence-electron chi connectivity index (χ3n) is 3.81. The van der Waals surface area contributed by atoms with Gasteiger partial charge in [-0.2, -0.15) is 0 Å². The minimum atomic E-state index is -2.90. The van der Waals surface area contributed by atoms with E-state index in [0.29, 0.717) is 12.3 Å². The average Bonchev–Trinajstić information content (AvgIpc) is 2.34. The van der Waals surface area contributed by atoms with E-state index in [2.05, 4.69) is 24.3 Å². The van der Waals surface area contributed by atoms with E-state index >= 15 is 0 Å². The summed E-state index contributed by atoms with van der Waals surface area (Å²) < 4.78 is 22.3. The Morgan fingerprint density at radius 3 is 2.67 bits per heavy atom. The van der Waals surface area contributed by atoms with Gasteiger partial charge in [-0.3, -0.25) is 0 Å². The van der Waals surface area contributed by atoms with Gasteiger partial charge >= 0.3 is 0 Å². The second kappa shape index (κ2) is 5.41. The van der Waals surface area contributed by atoms with E-state index in [0.717, 1.165) is 19.3 Å². The van der Waals surface area contributed by atoms with Gasteiger partial charge in [0.2, 0.25) is 0 Å². The first-order valence-corrected chi connectivity index (χ1v) is 8.52. The molecule has 3 nitrogen and oxygen atoms in total. The van der Waals surface area contributed by atoms with Crippen LogP contribution in [0.15, 0.2) is 24.3 Å². The summed E-state index contributed by atoms with van der Waals surface area (Å²) in [4.78, 5) is 0. The molecule has 0 saturated carbocycles. The lowest BCUT2D eigenvalue weighted by atomic mass is 9.79. The van der Waals surface area contributed by atoms with Crippen LogP contribution >= 0.6 is 0 Å². The molecule has 0 fully saturated rings. The maximum atomic E-state index is 11.2. The minimum Gasteiger partial charge on any atom is -0.327 e. The Morgan fingerprint density at radius 1 is 1.33 bits per heavy atom. The molecule has 1 aromatic carbocycles. The standard InChI is InChI=1S/C14H21NO2S/c1-18(16,17)9-8-14(15)13-7-6-11-4-2-3-5-12(11)10-13/h2-5,13-14H,6-10,15H2,1H3. The fourth-order valence-electron chi connectivity index (χ4n) is 2.68. The predicted octanol–water partition coefficient (Wildman–Crippen LogP) is 1.55. The summed E-state index contributed by atoms with van der Waals surface area (Å²) >= 11 is 0. The topological polar surface area (TPSA) is 60.2 Å². The van der Waals surface area contributed by atoms with Crippen LogP contribution in [0.2, 0.25) is 0 Å². The molecule has 2 rings (SSSR count). The zero-order chi connectivity index (χ0) is 13.2. The molecule has 2 atom stereocenters. The van der Waals surface area contributed by atoms with E-state index in [1.807, 2.05) is 0 Å². The van der Waals surface area contributed by atoms with Gasteiger partial charge in [0.15, 0.2) is 0 Å². The van der Waals surface area contributed by atoms with E-state index < -0.39 is 9.84 Å². The molecule has 0 spiro atoms. The van der Waals surface area contributed by atoms with Crippen LogP contribution in [0.4, 0.5) is 0 Å². The molecule has 2 N–H and O–H groups in total. The summed E-state index contributed by atoms with van der Waals surface area (Å²) in [6, 6.07) is 8.46. The molecule has 1 aromatic rings. The zero-order valence-electron chi connectivity index (χ0n) is 10.8. The number of fused-ring (bicyclic) bond motifs is 1. The Kier molecular flexibility index (Phi) is 4.07. The van der Waals surface area contributed by atoms with Crippen LogP contribution in [0, 0.1) is 5.92 Å². The minimum absolute atomic E-state index is 0.00641. The van der Waals surface area contributed by atoms with E-state index in [1.54, 1.807) is 0 Å². The van der Waals surface area contributed by atoms with Crippen LogP contribution in [0.3, 0.4) is 0 Å². The highest BCUT2D eigenvalue weighted by molar-refractivity contribution is 7.90. The first kappa shape index (κ1) is 13.6. The van der Waals surface area contributed by atoms with Crippen LogP contribution in [0.25, 0.3) is 0 Å². The second-order valence-corrected chi connectivity index (χ2v) is 7.61. The van der Waals surface area contributed by atoms with E-state index in [-0.39, 0.29) is 11.8 Å². The van der Waals surface area contributed by atoms with Crippen molar-refractivity contribution in [1.82, 2.24) is 0 Å². The molecule has 0 heterocycles. The number of rotatable bonds is 4. The monoisotopic (exact) mass is 267 g/mol. The van der Waals surface area contributed by atoms with Crippen molar-refractivity contribution in [2.75, 3.05) is 12.0 Å². The van der Waals surface area contributed by atoms with Crippen molar-refractivity contribution in [3.05, 3.63) is 35.4 Å². The molecule has 0 aromatic heterocycles. The molecule has 0 amide bonds. The van der Waals surface area contributed by atoms with Crippen LogP contribution in [0.1, 0.15) is 24.0 Å². The van der Waals surface area contributed by atoms with Crippen molar-refractivity contribution in [2.24, 2.45) is 11.7 Å². The van der Waals surface area contributed by atoms with Gasteiger partial charge in [0.1, 0.15) is 9.84 Å². The lowest BCUT2D eigenvalue weighted by Crippen LogP contribution is -2.35. The number of hydrogen-bond acceptors (Lipinski definition) is 3. The Labute approximate surface area is 109 Å². The quantitative estimate of drug-likeness (QED) is 0.900. The highest BCUT2D eigenvalue weighted by Crippen LogP contribution is 2.27. The van der Waals surface area contributed by atoms with E-state index in [9.17, 15) is 8.42 Å². The smallest absolute Gasteiger partial charge is 0.147 e. The van der Waals surface area contributed by atoms with Crippen molar-refractivity contribution in [3.63, 3.8) is 0 Å². The predicted molar refractivity (Wildman–Crippen MR) is 74.3 cm³/mol. The van der Waals surface area contributed by atoms with Gasteiger partial charge in [-0.15, -0.1) is 0 Å². The van der Waals surface area contributed by atoms with Crippen molar-refractivity contribution in [1.29, 1.82) is 0 Å². The third kappa shape index (κ3) is 3.56. The van der Waals surface area contributed by atoms with Gasteiger partial charge in [-0.25, -0.2) is 8.42 Å². The van der Waals surface area contributed by atoms with E-state index in [1.165, 1.54) is 17.4 Å². The van der Waals surface area contributed by atoms with Gasteiger partial charge in [0.25, 0.3) is 0 Å². The lowest BCUT2D eigenvalue weighted by molar-refractivity contribution is 0.367. The van der Waals surface area contributed by atoms with Crippen LogP contribution < -0.4 is 5.73 Å². The molecule has 0 aliphatic heterocycles. The summed E-state index contributed by atoms with van der Waals surface area (Å²) in [5.74, 6) is 0.619. The largest absolute Gasteiger partial charge is 0.327 e. The Balaban J connectivity index is 1.96. The number of nitrogens with two attached hydrogens (primary N) is 1. The normalized spacial score (nSPS) is 21.3. The van der Waals surface area contributed by atoms with E-state index in [4.69, 9.17) is 5.73 Å². The molecular formula is C14H21NO2S. The fraction of sp³-hybridized carbons (Fsp3) is 0.571. The third-order valence-corrected chi connectivity index (χ3v) is 4.79. The number of aryl methyl sites for hydroxylation is 1. The van der Waals surface area contributed by atoms with Crippen LogP contribution in [0.5, 0.6) is 0 Å². The van der Waals surface area contributed by atoms with Crippen LogP contribution in [-0.2, 0) is 22.7 Å². The van der Waals surface area contributed by atoms with Crippen molar-refractivity contribution >= 4 is 9.84 Å². The van der Waals surface area contributed by atoms with Gasteiger partial charge in [0, 0.05) is 12.3 Å². The summed E-state index contributed by atoms with van der Waals surface area (Å²) in [5.41, 5.74) is 8.95. The molecular weight excluding hydrogens is 246 g/mol. The van der Waals surface area contributed by atoms with Gasteiger partial charge in [-0.05, 0) is 42.7 Å². The highest BCUT2D eigenvalue weighted by Gasteiger charge is 2.24. The second-order valence-electron chi connectivity index (χ2n) is 5.35. The summed E-state index contributed by atoms with van der Waals surface area (Å²) in [6.07, 6.45) is 4.97. The maximum Gasteiger partial charge on any atom is 0.147 e. The molecule has 4 heteroatoms. The number of sulfone groups is 1. The molecule has 1 aliphatic rings. The summed E-state index contributed by atoms with van der Waals surface area (Å²) in [6.45, 7) is 0. The fourth-order valence-corrected chi connectivity index (χ4v) is 3.38. The molecule has 0 bridgehead atoms. The maximum absolute atomic E-state index is 11.2. The zero-order valence-corrected chi connectivity index (χ0v) is 11.6. The SMILES string of the molecule is CS(=O)(=O)CCC(N)C1CCc2ccccc2C1. The van der Waals surface area contributed by atoms with Gasteiger partial charge < -0.3 is 5.73 Å². The molecule has 18 heavy (non-hydrogen) atoms. The van der Waals surface area contributed by atoms with Crippen molar-refractivity contribution in [3.8, 4) is 0 Å². The Morgan fingerprint density at radius 2 is 2.00 bits per heavy atom. The van der Waals surface area contributed by atoms with Crippen LogP contribution in [-0.4, -0.2) is 26.5 Å². The summed E-state index contributed by atoms with van der Waals surface area (Å²) in [7, 11) is -2.90. The average molecular weight is 267 g/mol. The van der Waals surface area contributed by atoms with Gasteiger partial charge in [-0.1, -0.05) is 24.3 Å². The summed E-state index contributed by atoms with van der Waals surface area (Å²) in [5, 5.41) is 0. The van der Waals surface area contributed by atoms with Crippen molar-refractivity contribution in [2.45, 2.75) is 31.7 Å². The highest BCUT2D eigenvalue weighted by atomic mass is 32.2. The Hall–Kier alpha value is -0.870. The Bertz CT molecular complexity index is 510. The lowest BCUT2D eigenvalue weighted by Gasteiger charge is -2.29. The number of hydrogen-bond donors (Lipinski definition) is 1. The van der Waals surface area contributed by atoms with Gasteiger partial charge in [0.05, 0.1) is 5.75 Å². The first-order valence-electron chi connectivity index (χ1n) is 6.46. The molecule has 0 saturated heterocycles. The number of benzene rings is 1. The molecule has 0 radical (unpaired) electrons. The molecule has 1 aliphatic carbocycles.